The summed E-state index contributed by atoms with van der Waals surface area (Å²) in [5.41, 5.74) is 0.447. The van der Waals surface area contributed by atoms with Crippen LogP contribution in [0.3, 0.4) is 0 Å². The summed E-state index contributed by atoms with van der Waals surface area (Å²) in [5.74, 6) is 0.399. The molecule has 0 aliphatic heterocycles. The van der Waals surface area contributed by atoms with Gasteiger partial charge in [0.2, 0.25) is 0 Å². The Morgan fingerprint density at radius 2 is 1.11 bits per heavy atom. The summed E-state index contributed by atoms with van der Waals surface area (Å²) in [7, 11) is 0. The van der Waals surface area contributed by atoms with Crippen LogP contribution >= 0.6 is 0 Å². The quantitative estimate of drug-likeness (QED) is 0.518. The van der Waals surface area contributed by atoms with Gasteiger partial charge in [0.05, 0.1) is 0 Å². The van der Waals surface area contributed by atoms with Gasteiger partial charge in [0, 0.05) is 10.8 Å². The molecule has 4 saturated carbocycles. The van der Waals surface area contributed by atoms with Crippen LogP contribution in [-0.2, 0) is 19.1 Å². The third-order valence-electron chi connectivity index (χ3n) is 10.3. The number of carbonyl (C=O) groups excluding carboxylic acids is 2. The van der Waals surface area contributed by atoms with Crippen LogP contribution in [0.4, 0.5) is 0 Å². The topological polar surface area (TPSA) is 52.6 Å². The van der Waals surface area contributed by atoms with Crippen molar-refractivity contribution in [1.29, 1.82) is 0 Å². The van der Waals surface area contributed by atoms with Gasteiger partial charge in [0.25, 0.3) is 0 Å². The highest BCUT2D eigenvalue weighted by Crippen LogP contribution is 2.67. The SMILES string of the molecule is CC1(C)[C@H]2CC[C@]1(C)[C@H](OC(=O)CC(=O)O[C@@H]1C[C@@H]3CC[C@@]1(C)C3(C)C)C2. The first-order valence-electron chi connectivity index (χ1n) is 10.8. The molecule has 152 valence electrons. The number of hydrogen-bond acceptors (Lipinski definition) is 4. The Kier molecular flexibility index (Phi) is 4.09. The third kappa shape index (κ3) is 2.47. The lowest BCUT2D eigenvalue weighted by Crippen LogP contribution is -2.40. The van der Waals surface area contributed by atoms with Crippen molar-refractivity contribution in [3.63, 3.8) is 0 Å². The van der Waals surface area contributed by atoms with Gasteiger partial charge in [-0.25, -0.2) is 0 Å². The van der Waals surface area contributed by atoms with Crippen molar-refractivity contribution in [3.05, 3.63) is 0 Å². The molecule has 27 heavy (non-hydrogen) atoms. The van der Waals surface area contributed by atoms with Gasteiger partial charge in [-0.15, -0.1) is 0 Å². The zero-order valence-corrected chi connectivity index (χ0v) is 17.9. The molecule has 4 bridgehead atoms. The van der Waals surface area contributed by atoms with E-state index in [1.165, 1.54) is 12.8 Å². The number of esters is 2. The number of hydrogen-bond donors (Lipinski definition) is 0. The molecule has 6 atom stereocenters. The normalized spacial score (nSPS) is 45.9. The average Bonchev–Trinajstić information content (AvgIpc) is 3.06. The maximum absolute atomic E-state index is 12.5. The molecule has 0 N–H and O–H groups in total. The molecule has 0 unspecified atom stereocenters. The van der Waals surface area contributed by atoms with Gasteiger partial charge < -0.3 is 9.47 Å². The van der Waals surface area contributed by atoms with Gasteiger partial charge in [0.1, 0.15) is 18.6 Å². The molecule has 0 spiro atoms. The van der Waals surface area contributed by atoms with Crippen LogP contribution < -0.4 is 0 Å². The fourth-order valence-corrected chi connectivity index (χ4v) is 7.14. The van der Waals surface area contributed by atoms with E-state index in [0.29, 0.717) is 11.8 Å². The van der Waals surface area contributed by atoms with E-state index in [0.717, 1.165) is 25.7 Å². The first-order valence-corrected chi connectivity index (χ1v) is 10.8. The summed E-state index contributed by atoms with van der Waals surface area (Å²) < 4.78 is 11.6. The van der Waals surface area contributed by atoms with E-state index in [1.54, 1.807) is 0 Å². The number of rotatable bonds is 4. The molecule has 4 heteroatoms. The predicted octanol–water partition coefficient (Wildman–Crippen LogP) is 4.89. The fourth-order valence-electron chi connectivity index (χ4n) is 7.14. The second-order valence-corrected chi connectivity index (χ2v) is 11.4. The Morgan fingerprint density at radius 3 is 1.37 bits per heavy atom. The van der Waals surface area contributed by atoms with Crippen LogP contribution in [0, 0.1) is 33.5 Å². The predicted molar refractivity (Wildman–Crippen MR) is 103 cm³/mol. The van der Waals surface area contributed by atoms with Crippen LogP contribution in [0.1, 0.15) is 86.5 Å². The zero-order valence-electron chi connectivity index (χ0n) is 17.9. The Balaban J connectivity index is 1.33. The monoisotopic (exact) mass is 376 g/mol. The smallest absolute Gasteiger partial charge is 0.317 e. The highest BCUT2D eigenvalue weighted by Gasteiger charge is 2.64. The lowest BCUT2D eigenvalue weighted by Gasteiger charge is -2.39. The van der Waals surface area contributed by atoms with Crippen LogP contribution in [0.5, 0.6) is 0 Å². The van der Waals surface area contributed by atoms with E-state index < -0.39 is 11.9 Å². The van der Waals surface area contributed by atoms with E-state index >= 15 is 0 Å². The Hall–Kier alpha value is -1.06. The maximum atomic E-state index is 12.5. The molecule has 4 fully saturated rings. The Labute approximate surface area is 163 Å². The lowest BCUT2D eigenvalue weighted by atomic mass is 9.70. The molecule has 4 aliphatic carbocycles. The molecule has 0 aromatic carbocycles. The Morgan fingerprint density at radius 1 is 0.741 bits per heavy atom. The minimum Gasteiger partial charge on any atom is -0.461 e. The van der Waals surface area contributed by atoms with Crippen molar-refractivity contribution in [2.75, 3.05) is 0 Å². The molecule has 0 aromatic rings. The first-order chi connectivity index (χ1) is 12.4. The maximum Gasteiger partial charge on any atom is 0.317 e. The van der Waals surface area contributed by atoms with Crippen molar-refractivity contribution in [2.24, 2.45) is 33.5 Å². The number of fused-ring (bicyclic) bond motifs is 4. The van der Waals surface area contributed by atoms with E-state index in [1.807, 2.05) is 0 Å². The van der Waals surface area contributed by atoms with E-state index in [2.05, 4.69) is 41.5 Å². The standard InChI is InChI=1S/C23H36O4/c1-20(2)14-7-9-22(20,5)16(11-14)26-18(24)13-19(25)27-17-12-15-8-10-23(17,6)21(15,3)4/h14-17H,7-13H2,1-6H3/t14-,15-,16+,17+,22+,23+/m0/s1. The second kappa shape index (κ2) is 5.73. The van der Waals surface area contributed by atoms with Gasteiger partial charge in [0.15, 0.2) is 0 Å². The summed E-state index contributed by atoms with van der Waals surface area (Å²) in [6.07, 6.45) is 6.12. The van der Waals surface area contributed by atoms with Gasteiger partial charge in [-0.05, 0) is 61.2 Å². The van der Waals surface area contributed by atoms with Crippen LogP contribution in [0.25, 0.3) is 0 Å². The van der Waals surface area contributed by atoms with Crippen molar-refractivity contribution in [3.8, 4) is 0 Å². The number of carbonyl (C=O) groups is 2. The minimum atomic E-state index is -0.415. The molecule has 0 aromatic heterocycles. The highest BCUT2D eigenvalue weighted by molar-refractivity contribution is 5.91. The van der Waals surface area contributed by atoms with Crippen LogP contribution in [0.2, 0.25) is 0 Å². The summed E-state index contributed by atoms with van der Waals surface area (Å²) in [5, 5.41) is 0. The molecule has 0 saturated heterocycles. The molecule has 4 rings (SSSR count). The van der Waals surface area contributed by atoms with Gasteiger partial charge in [-0.3, -0.25) is 9.59 Å². The van der Waals surface area contributed by atoms with Crippen molar-refractivity contribution in [1.82, 2.24) is 0 Å². The van der Waals surface area contributed by atoms with Crippen molar-refractivity contribution in [2.45, 2.75) is 98.7 Å². The molecule has 0 heterocycles. The highest BCUT2D eigenvalue weighted by atomic mass is 16.6. The minimum absolute atomic E-state index is 0.0271. The lowest BCUT2D eigenvalue weighted by molar-refractivity contribution is -0.168. The van der Waals surface area contributed by atoms with Crippen molar-refractivity contribution >= 4 is 11.9 Å². The van der Waals surface area contributed by atoms with E-state index in [-0.39, 0.29) is 40.3 Å². The molecule has 4 aliphatic rings. The third-order valence-corrected chi connectivity index (χ3v) is 10.3. The van der Waals surface area contributed by atoms with Gasteiger partial charge in [-0.1, -0.05) is 41.5 Å². The Bertz CT molecular complexity index is 609. The molecular weight excluding hydrogens is 340 g/mol. The first kappa shape index (κ1) is 19.3. The van der Waals surface area contributed by atoms with E-state index in [4.69, 9.17) is 9.47 Å². The summed E-state index contributed by atoms with van der Waals surface area (Å²) in [6, 6.07) is 0. The molecule has 0 radical (unpaired) electrons. The molecule has 4 nitrogen and oxygen atoms in total. The summed E-state index contributed by atoms with van der Waals surface area (Å²) in [4.78, 5) is 24.9. The van der Waals surface area contributed by atoms with Gasteiger partial charge >= 0.3 is 11.9 Å². The summed E-state index contributed by atoms with van der Waals surface area (Å²) >= 11 is 0. The van der Waals surface area contributed by atoms with Crippen LogP contribution in [0.15, 0.2) is 0 Å². The molecular formula is C23H36O4. The summed E-state index contributed by atoms with van der Waals surface area (Å²) in [6.45, 7) is 13.7. The number of ether oxygens (including phenoxy) is 2. The zero-order chi connectivity index (χ0) is 19.8. The van der Waals surface area contributed by atoms with Crippen molar-refractivity contribution < 1.29 is 19.1 Å². The van der Waals surface area contributed by atoms with Crippen LogP contribution in [-0.4, -0.2) is 24.1 Å². The average molecular weight is 377 g/mol. The largest absolute Gasteiger partial charge is 0.461 e. The second-order valence-electron chi connectivity index (χ2n) is 11.4. The van der Waals surface area contributed by atoms with E-state index in [9.17, 15) is 9.59 Å². The van der Waals surface area contributed by atoms with Gasteiger partial charge in [-0.2, -0.15) is 0 Å². The fraction of sp³-hybridized carbons (Fsp3) is 0.913. The molecule has 0 amide bonds.